The van der Waals surface area contributed by atoms with E-state index in [2.05, 4.69) is 143 Å². The monoisotopic (exact) mass is 978 g/mol. The van der Waals surface area contributed by atoms with E-state index in [1.54, 1.807) is 0 Å². The molecular formula is C63H68O4Zr. The van der Waals surface area contributed by atoms with Crippen LogP contribution >= 0.6 is 0 Å². The van der Waals surface area contributed by atoms with Gasteiger partial charge in [0.15, 0.2) is 0 Å². The Kier molecular flexibility index (Phi) is 19.5. The number of aryl methyl sites for hydroxylation is 4. The minimum absolute atomic E-state index is 0. The molecule has 0 aliphatic rings. The van der Waals surface area contributed by atoms with Crippen molar-refractivity contribution in [2.24, 2.45) is 5.92 Å². The third-order valence-corrected chi connectivity index (χ3v) is 12.9. The van der Waals surface area contributed by atoms with Crippen LogP contribution in [0.1, 0.15) is 74.6 Å². The van der Waals surface area contributed by atoms with E-state index in [4.69, 9.17) is 9.47 Å². The second-order valence-electron chi connectivity index (χ2n) is 17.6. The van der Waals surface area contributed by atoms with Crippen molar-refractivity contribution in [1.82, 2.24) is 0 Å². The number of fused-ring (bicyclic) bond motifs is 2. The number of hydrogen-bond acceptors (Lipinski definition) is 4. The molecule has 0 saturated carbocycles. The molecule has 0 amide bonds. The average molecular weight is 980 g/mol. The predicted octanol–water partition coefficient (Wildman–Crippen LogP) is 17.3. The second-order valence-corrected chi connectivity index (χ2v) is 17.6. The summed E-state index contributed by atoms with van der Waals surface area (Å²) in [5, 5.41) is 28.9. The fourth-order valence-electron chi connectivity index (χ4n) is 9.33. The molecule has 0 aliphatic heterocycles. The largest absolute Gasteiger partial charge is 2.00 e. The van der Waals surface area contributed by atoms with Crippen LogP contribution in [-0.4, -0.2) is 23.4 Å². The number of allylic oxidation sites excluding steroid dienone is 1. The Morgan fingerprint density at radius 2 is 0.941 bits per heavy atom. The van der Waals surface area contributed by atoms with E-state index in [0.29, 0.717) is 31.1 Å². The minimum atomic E-state index is -0.0336. The minimum Gasteiger partial charge on any atom is -0.507 e. The molecule has 0 saturated heterocycles. The third-order valence-electron chi connectivity index (χ3n) is 12.9. The molecule has 0 fully saturated rings. The zero-order valence-corrected chi connectivity index (χ0v) is 43.5. The van der Waals surface area contributed by atoms with E-state index in [1.165, 1.54) is 11.1 Å². The van der Waals surface area contributed by atoms with Gasteiger partial charge in [0.25, 0.3) is 0 Å². The summed E-state index contributed by atoms with van der Waals surface area (Å²) in [5.41, 5.74) is 11.5. The molecule has 0 bridgehead atoms. The van der Waals surface area contributed by atoms with Crippen LogP contribution < -0.4 is 9.47 Å². The second kappa shape index (κ2) is 24.9. The maximum Gasteiger partial charge on any atom is 2.00 e. The summed E-state index contributed by atoms with van der Waals surface area (Å²) < 4.78 is 13.6. The number of phenols is 2. The van der Waals surface area contributed by atoms with Gasteiger partial charge in [0.2, 0.25) is 0 Å². The Morgan fingerprint density at radius 1 is 0.500 bits per heavy atom. The fourth-order valence-corrected chi connectivity index (χ4v) is 9.33. The van der Waals surface area contributed by atoms with Crippen LogP contribution in [0, 0.1) is 34.6 Å². The van der Waals surface area contributed by atoms with Crippen LogP contribution in [0.5, 0.6) is 23.0 Å². The smallest absolute Gasteiger partial charge is 0.507 e. The number of unbranched alkanes of at least 4 members (excludes halogenated alkanes) is 3. The van der Waals surface area contributed by atoms with Crippen LogP contribution in [0.2, 0.25) is 0 Å². The Bertz CT molecular complexity index is 2950. The summed E-state index contributed by atoms with van der Waals surface area (Å²) in [5.74, 6) is 1.87. The van der Waals surface area contributed by atoms with E-state index in [9.17, 15) is 10.2 Å². The van der Waals surface area contributed by atoms with E-state index in [1.807, 2.05) is 42.5 Å². The van der Waals surface area contributed by atoms with E-state index < -0.39 is 0 Å². The SMILES string of the molecule is C=CCC(COc1ccc(CCCC)cc1-c1cccc(-c2c(C)ccc3ccccc23)c1O)COc1ccc(CCCCC)cc1-c1cccc(-c2c(C)ccc3ccccc23)c1O.[CH3-].[CH3-].[Zr+2]. The van der Waals surface area contributed by atoms with Crippen molar-refractivity contribution in [3.05, 3.63) is 195 Å². The summed E-state index contributed by atoms with van der Waals surface area (Å²) in [6.45, 7) is 13.5. The molecule has 8 aromatic carbocycles. The topological polar surface area (TPSA) is 58.9 Å². The van der Waals surface area contributed by atoms with Crippen molar-refractivity contribution in [3.63, 3.8) is 0 Å². The number of ether oxygens (including phenoxy) is 2. The summed E-state index contributed by atoms with van der Waals surface area (Å²) in [6, 6.07) is 50.2. The van der Waals surface area contributed by atoms with Gasteiger partial charge in [0.05, 0.1) is 13.2 Å². The molecule has 0 aromatic heterocycles. The maximum absolute atomic E-state index is 12.2. The molecule has 1 unspecified atom stereocenters. The van der Waals surface area contributed by atoms with Gasteiger partial charge in [-0.25, -0.2) is 0 Å². The fraction of sp³-hybridized carbons (Fsp3) is 0.238. The predicted molar refractivity (Wildman–Crippen MR) is 286 cm³/mol. The summed E-state index contributed by atoms with van der Waals surface area (Å²) in [7, 11) is 0. The molecule has 0 heterocycles. The van der Waals surface area contributed by atoms with Gasteiger partial charge in [-0.3, -0.25) is 0 Å². The first-order valence-corrected chi connectivity index (χ1v) is 23.5. The van der Waals surface area contributed by atoms with Crippen molar-refractivity contribution in [2.45, 2.75) is 79.1 Å². The van der Waals surface area contributed by atoms with Gasteiger partial charge < -0.3 is 34.5 Å². The molecule has 0 radical (unpaired) electrons. The summed E-state index contributed by atoms with van der Waals surface area (Å²) in [4.78, 5) is 0. The van der Waals surface area contributed by atoms with Crippen molar-refractivity contribution in [3.8, 4) is 67.5 Å². The van der Waals surface area contributed by atoms with E-state index >= 15 is 0 Å². The van der Waals surface area contributed by atoms with Crippen molar-refractivity contribution < 1.29 is 45.9 Å². The quantitative estimate of drug-likeness (QED) is 0.0482. The van der Waals surface area contributed by atoms with Gasteiger partial charge in [0, 0.05) is 39.3 Å². The molecule has 8 rings (SSSR count). The average Bonchev–Trinajstić information content (AvgIpc) is 3.33. The van der Waals surface area contributed by atoms with E-state index in [0.717, 1.165) is 122 Å². The Hall–Kier alpha value is -5.90. The number of hydrogen-bond donors (Lipinski definition) is 2. The first-order chi connectivity index (χ1) is 31.8. The van der Waals surface area contributed by atoms with Gasteiger partial charge in [0.1, 0.15) is 23.0 Å². The third kappa shape index (κ3) is 11.7. The molecule has 8 aromatic rings. The number of rotatable bonds is 19. The van der Waals surface area contributed by atoms with Crippen LogP contribution in [0.3, 0.4) is 0 Å². The molecule has 0 spiro atoms. The zero-order chi connectivity index (χ0) is 45.3. The van der Waals surface area contributed by atoms with Crippen molar-refractivity contribution in [2.75, 3.05) is 13.2 Å². The molecule has 0 aliphatic carbocycles. The Morgan fingerprint density at radius 3 is 1.40 bits per heavy atom. The van der Waals surface area contributed by atoms with Crippen LogP contribution in [-0.2, 0) is 39.0 Å². The summed E-state index contributed by atoms with van der Waals surface area (Å²) in [6.07, 6.45) is 10.1. The zero-order valence-electron chi connectivity index (χ0n) is 41.0. The van der Waals surface area contributed by atoms with Crippen LogP contribution in [0.25, 0.3) is 66.1 Å². The first-order valence-electron chi connectivity index (χ1n) is 23.5. The summed E-state index contributed by atoms with van der Waals surface area (Å²) >= 11 is 0. The standard InChI is InChI=1S/C61H62O4.2CH3.Zr/c1-6-9-11-20-44-32-36-57(55(38-44)51-26-17-28-53(61(51)63)59-42(5)30-34-47-22-13-15-24-49(47)59)65-40-45(18-8-3)39-64-56-35-31-43(19-10-7-2)37-54(56)50-25-16-27-52(60(50)62)58-41(4)29-33-46-21-12-14-23-48(46)58;;;/h8,12-17,21-38,45,62-63H,3,6-7,9-11,18-20,39-40H2,1-2,4-5H3;2*1H3;/q;2*-1;+2. The number of phenolic OH excluding ortho intramolecular Hbond substituents is 2. The van der Waals surface area contributed by atoms with E-state index in [-0.39, 0.29) is 58.5 Å². The van der Waals surface area contributed by atoms with Gasteiger partial charge in [-0.05, 0) is 125 Å². The molecule has 348 valence electrons. The molecular weight excluding hydrogens is 912 g/mol. The maximum atomic E-state index is 12.2. The Labute approximate surface area is 425 Å². The molecule has 2 N–H and O–H groups in total. The number of aromatic hydroxyl groups is 2. The first kappa shape index (κ1) is 53.1. The van der Waals surface area contributed by atoms with Gasteiger partial charge in [-0.1, -0.05) is 161 Å². The number of benzene rings is 8. The molecule has 1 atom stereocenters. The van der Waals surface area contributed by atoms with Crippen LogP contribution in [0.15, 0.2) is 158 Å². The van der Waals surface area contributed by atoms with Crippen molar-refractivity contribution in [1.29, 1.82) is 0 Å². The molecule has 5 heteroatoms. The van der Waals surface area contributed by atoms with Gasteiger partial charge >= 0.3 is 26.2 Å². The van der Waals surface area contributed by atoms with Gasteiger partial charge in [-0.15, -0.1) is 6.58 Å². The van der Waals surface area contributed by atoms with Gasteiger partial charge in [-0.2, -0.15) is 0 Å². The van der Waals surface area contributed by atoms with Crippen molar-refractivity contribution >= 4 is 21.5 Å². The van der Waals surface area contributed by atoms with Crippen LogP contribution in [0.4, 0.5) is 0 Å². The number of para-hydroxylation sites is 2. The molecule has 4 nitrogen and oxygen atoms in total. The Balaban J connectivity index is 0.00000288. The normalized spacial score (nSPS) is 11.3. The molecule has 68 heavy (non-hydrogen) atoms.